The molecule has 0 aliphatic carbocycles. The quantitative estimate of drug-likeness (QED) is 0.919. The number of benzene rings is 1. The van der Waals surface area contributed by atoms with E-state index in [0.717, 1.165) is 18.8 Å². The van der Waals surface area contributed by atoms with E-state index >= 15 is 0 Å². The van der Waals surface area contributed by atoms with E-state index in [9.17, 15) is 9.18 Å². The highest BCUT2D eigenvalue weighted by Gasteiger charge is 2.15. The van der Waals surface area contributed by atoms with Crippen molar-refractivity contribution in [2.24, 2.45) is 0 Å². The van der Waals surface area contributed by atoms with E-state index in [1.165, 1.54) is 25.3 Å². The first-order valence-electron chi connectivity index (χ1n) is 7.76. The molecule has 1 fully saturated rings. The lowest BCUT2D eigenvalue weighted by Crippen LogP contribution is -2.35. The van der Waals surface area contributed by atoms with Gasteiger partial charge in [0.25, 0.3) is 0 Å². The zero-order valence-electron chi connectivity index (χ0n) is 12.9. The van der Waals surface area contributed by atoms with Gasteiger partial charge in [-0.15, -0.1) is 0 Å². The fourth-order valence-corrected chi connectivity index (χ4v) is 2.66. The number of urea groups is 1. The number of amides is 2. The van der Waals surface area contributed by atoms with Gasteiger partial charge in [-0.2, -0.15) is 0 Å². The van der Waals surface area contributed by atoms with Crippen LogP contribution in [-0.4, -0.2) is 37.1 Å². The third-order valence-corrected chi connectivity index (χ3v) is 3.96. The van der Waals surface area contributed by atoms with E-state index in [4.69, 9.17) is 0 Å². The lowest BCUT2D eigenvalue weighted by atomic mass is 10.1. The van der Waals surface area contributed by atoms with Crippen LogP contribution in [0.4, 0.5) is 20.6 Å². The van der Waals surface area contributed by atoms with Crippen LogP contribution in [0.1, 0.15) is 33.1 Å². The first-order valence-corrected chi connectivity index (χ1v) is 7.76. The number of hydrogen-bond acceptors (Lipinski definition) is 2. The summed E-state index contributed by atoms with van der Waals surface area (Å²) >= 11 is 0. The zero-order chi connectivity index (χ0) is 15.2. The maximum Gasteiger partial charge on any atom is 0.321 e. The molecule has 0 atom stereocenters. The number of carbonyl (C=O) groups excluding carboxylic acids is 1. The van der Waals surface area contributed by atoms with Crippen molar-refractivity contribution in [1.82, 2.24) is 4.90 Å². The Bertz CT molecular complexity index is 482. The summed E-state index contributed by atoms with van der Waals surface area (Å²) < 4.78 is 13.9. The molecule has 0 radical (unpaired) electrons. The van der Waals surface area contributed by atoms with Crippen LogP contribution in [0.3, 0.4) is 0 Å². The summed E-state index contributed by atoms with van der Waals surface area (Å²) in [7, 11) is 0. The molecule has 1 aliphatic heterocycles. The second-order valence-corrected chi connectivity index (χ2v) is 5.31. The number of hydrogen-bond donors (Lipinski definition) is 1. The van der Waals surface area contributed by atoms with Gasteiger partial charge >= 0.3 is 6.03 Å². The van der Waals surface area contributed by atoms with E-state index in [0.29, 0.717) is 13.1 Å². The molecule has 1 aromatic rings. The minimum Gasteiger partial charge on any atom is -0.371 e. The summed E-state index contributed by atoms with van der Waals surface area (Å²) in [6.07, 6.45) is 3.58. The van der Waals surface area contributed by atoms with Crippen LogP contribution in [0, 0.1) is 5.82 Å². The number of rotatable bonds is 4. The van der Waals surface area contributed by atoms with Gasteiger partial charge in [-0.3, -0.25) is 0 Å². The molecule has 0 spiro atoms. The Labute approximate surface area is 125 Å². The van der Waals surface area contributed by atoms with Crippen molar-refractivity contribution in [1.29, 1.82) is 0 Å². The van der Waals surface area contributed by atoms with Crippen LogP contribution in [0.2, 0.25) is 0 Å². The Hall–Kier alpha value is -1.78. The van der Waals surface area contributed by atoms with E-state index < -0.39 is 5.82 Å². The molecule has 1 aliphatic rings. The fraction of sp³-hybridized carbons (Fsp3) is 0.562. The van der Waals surface area contributed by atoms with Crippen LogP contribution < -0.4 is 10.2 Å². The van der Waals surface area contributed by atoms with Gasteiger partial charge in [-0.25, -0.2) is 9.18 Å². The van der Waals surface area contributed by atoms with Gasteiger partial charge in [0, 0.05) is 31.9 Å². The molecule has 2 amide bonds. The summed E-state index contributed by atoms with van der Waals surface area (Å²) in [6, 6.07) is 4.70. The molecule has 4 nitrogen and oxygen atoms in total. The molecule has 2 rings (SSSR count). The zero-order valence-corrected chi connectivity index (χ0v) is 12.9. The van der Waals surface area contributed by atoms with Gasteiger partial charge in [-0.1, -0.05) is 0 Å². The van der Waals surface area contributed by atoms with E-state index in [1.807, 2.05) is 13.8 Å². The van der Waals surface area contributed by atoms with Crippen LogP contribution in [0.15, 0.2) is 18.2 Å². The number of anilines is 2. The Morgan fingerprint density at radius 2 is 1.90 bits per heavy atom. The molecule has 1 N–H and O–H groups in total. The molecule has 1 aromatic carbocycles. The molecule has 21 heavy (non-hydrogen) atoms. The molecule has 1 saturated heterocycles. The van der Waals surface area contributed by atoms with Gasteiger partial charge in [0.15, 0.2) is 0 Å². The first kappa shape index (κ1) is 15.6. The van der Waals surface area contributed by atoms with Crippen LogP contribution in [0.5, 0.6) is 0 Å². The van der Waals surface area contributed by atoms with Gasteiger partial charge in [0.05, 0.1) is 5.69 Å². The maximum absolute atomic E-state index is 13.9. The Morgan fingerprint density at radius 1 is 1.24 bits per heavy atom. The standard InChI is InChI=1S/C16H24FN3O/c1-3-19(4-2)16(21)18-15-12-13(8-9-14(15)17)20-10-6-5-7-11-20/h8-9,12H,3-7,10-11H2,1-2H3,(H,18,21). The lowest BCUT2D eigenvalue weighted by Gasteiger charge is -2.29. The first-order chi connectivity index (χ1) is 10.2. The number of carbonyl (C=O) groups is 1. The Morgan fingerprint density at radius 3 is 2.52 bits per heavy atom. The fourth-order valence-electron chi connectivity index (χ4n) is 2.66. The van der Waals surface area contributed by atoms with E-state index in [2.05, 4.69) is 10.2 Å². The van der Waals surface area contributed by atoms with Crippen molar-refractivity contribution < 1.29 is 9.18 Å². The lowest BCUT2D eigenvalue weighted by molar-refractivity contribution is 0.217. The third-order valence-electron chi connectivity index (χ3n) is 3.96. The SMILES string of the molecule is CCN(CC)C(=O)Nc1cc(N2CCCCC2)ccc1F. The molecule has 116 valence electrons. The van der Waals surface area contributed by atoms with Crippen molar-refractivity contribution in [3.8, 4) is 0 Å². The third kappa shape index (κ3) is 3.86. The predicted octanol–water partition coefficient (Wildman–Crippen LogP) is 3.69. The number of halogens is 1. The average molecular weight is 293 g/mol. The van der Waals surface area contributed by atoms with Crippen molar-refractivity contribution in [3.05, 3.63) is 24.0 Å². The van der Waals surface area contributed by atoms with Gasteiger partial charge in [0.1, 0.15) is 5.82 Å². The monoisotopic (exact) mass is 293 g/mol. The van der Waals surface area contributed by atoms with Crippen molar-refractivity contribution >= 4 is 17.4 Å². The van der Waals surface area contributed by atoms with Crippen LogP contribution in [-0.2, 0) is 0 Å². The molecule has 0 saturated carbocycles. The molecule has 0 aromatic heterocycles. The average Bonchev–Trinajstić information content (AvgIpc) is 2.51. The van der Waals surface area contributed by atoms with Gasteiger partial charge in [-0.05, 0) is 51.3 Å². The number of nitrogens with zero attached hydrogens (tertiary/aromatic N) is 2. The maximum atomic E-state index is 13.9. The second kappa shape index (κ2) is 7.29. The van der Waals surface area contributed by atoms with Crippen LogP contribution >= 0.6 is 0 Å². The van der Waals surface area contributed by atoms with Crippen molar-refractivity contribution in [3.63, 3.8) is 0 Å². The minimum absolute atomic E-state index is 0.255. The van der Waals surface area contributed by atoms with Crippen molar-refractivity contribution in [2.75, 3.05) is 36.4 Å². The molecule has 5 heteroatoms. The topological polar surface area (TPSA) is 35.6 Å². The molecule has 0 bridgehead atoms. The number of nitrogens with one attached hydrogen (secondary N) is 1. The normalized spacial score (nSPS) is 14.9. The van der Waals surface area contributed by atoms with Gasteiger partial charge in [0.2, 0.25) is 0 Å². The second-order valence-electron chi connectivity index (χ2n) is 5.31. The smallest absolute Gasteiger partial charge is 0.321 e. The molecule has 1 heterocycles. The predicted molar refractivity (Wildman–Crippen MR) is 84.4 cm³/mol. The molecular formula is C16H24FN3O. The van der Waals surface area contributed by atoms with Crippen molar-refractivity contribution in [2.45, 2.75) is 33.1 Å². The summed E-state index contributed by atoms with van der Waals surface area (Å²) in [6.45, 7) is 7.02. The highest BCUT2D eigenvalue weighted by atomic mass is 19.1. The van der Waals surface area contributed by atoms with Crippen LogP contribution in [0.25, 0.3) is 0 Å². The summed E-state index contributed by atoms with van der Waals surface area (Å²) in [5.74, 6) is -0.392. The Kier molecular flexibility index (Phi) is 5.42. The summed E-state index contributed by atoms with van der Waals surface area (Å²) in [4.78, 5) is 15.9. The largest absolute Gasteiger partial charge is 0.371 e. The van der Waals surface area contributed by atoms with Gasteiger partial charge < -0.3 is 15.1 Å². The highest BCUT2D eigenvalue weighted by molar-refractivity contribution is 5.90. The highest BCUT2D eigenvalue weighted by Crippen LogP contribution is 2.25. The Balaban J connectivity index is 2.13. The molecule has 0 unspecified atom stereocenters. The molecular weight excluding hydrogens is 269 g/mol. The van der Waals surface area contributed by atoms with E-state index in [-0.39, 0.29) is 11.7 Å². The van der Waals surface area contributed by atoms with E-state index in [1.54, 1.807) is 17.0 Å². The minimum atomic E-state index is -0.392. The summed E-state index contributed by atoms with van der Waals surface area (Å²) in [5.41, 5.74) is 1.24. The summed E-state index contributed by atoms with van der Waals surface area (Å²) in [5, 5.41) is 2.68. The number of piperidine rings is 1.